The molecule has 0 unspecified atom stereocenters. The zero-order chi connectivity index (χ0) is 14.5. The van der Waals surface area contributed by atoms with Crippen LogP contribution >= 0.6 is 0 Å². The van der Waals surface area contributed by atoms with Crippen molar-refractivity contribution in [2.45, 2.75) is 6.42 Å². The van der Waals surface area contributed by atoms with Crippen molar-refractivity contribution >= 4 is 5.91 Å². The number of hydrogen-bond acceptors (Lipinski definition) is 4. The largest absolute Gasteiger partial charge is 0.493 e. The van der Waals surface area contributed by atoms with Gasteiger partial charge in [0.05, 0.1) is 20.3 Å². The van der Waals surface area contributed by atoms with E-state index in [4.69, 9.17) is 9.47 Å². The quantitative estimate of drug-likeness (QED) is 0.870. The number of ether oxygens (including phenoxy) is 2. The van der Waals surface area contributed by atoms with Gasteiger partial charge in [-0.1, -0.05) is 12.1 Å². The van der Waals surface area contributed by atoms with Crippen LogP contribution in [-0.4, -0.2) is 51.7 Å². The molecule has 110 valence electrons. The van der Waals surface area contributed by atoms with Crippen LogP contribution in [0.3, 0.4) is 0 Å². The van der Waals surface area contributed by atoms with Crippen molar-refractivity contribution in [3.8, 4) is 11.5 Å². The summed E-state index contributed by atoms with van der Waals surface area (Å²) in [5.41, 5.74) is 1.14. The van der Waals surface area contributed by atoms with Gasteiger partial charge in [-0.15, -0.1) is 0 Å². The Kier molecular flexibility index (Phi) is 4.84. The average Bonchev–Trinajstić information content (AvgIpc) is 2.43. The Morgan fingerprint density at radius 1 is 1.50 bits per heavy atom. The number of para-hydroxylation sites is 1. The van der Waals surface area contributed by atoms with Crippen molar-refractivity contribution in [3.63, 3.8) is 0 Å². The second-order valence-electron chi connectivity index (χ2n) is 5.37. The number of carbonyl (C=O) groups is 1. The van der Waals surface area contributed by atoms with Crippen LogP contribution in [0.2, 0.25) is 0 Å². The number of nitrogens with zero attached hydrogens (tertiary/aromatic N) is 1. The first kappa shape index (κ1) is 14.7. The van der Waals surface area contributed by atoms with Crippen LogP contribution in [0.15, 0.2) is 18.2 Å². The van der Waals surface area contributed by atoms with Gasteiger partial charge in [0, 0.05) is 12.5 Å². The van der Waals surface area contributed by atoms with E-state index in [1.165, 1.54) is 0 Å². The Morgan fingerprint density at radius 3 is 3.00 bits per heavy atom. The molecule has 1 N–H and O–H groups in total. The summed E-state index contributed by atoms with van der Waals surface area (Å²) in [7, 11) is 5.41. The van der Waals surface area contributed by atoms with Gasteiger partial charge in [0.15, 0.2) is 11.5 Å². The monoisotopic (exact) mass is 278 g/mol. The van der Waals surface area contributed by atoms with E-state index in [9.17, 15) is 4.79 Å². The summed E-state index contributed by atoms with van der Waals surface area (Å²) in [5, 5.41) is 2.95. The molecular weight excluding hydrogens is 256 g/mol. The molecular formula is C15H22N2O3. The zero-order valence-corrected chi connectivity index (χ0v) is 12.3. The van der Waals surface area contributed by atoms with Crippen LogP contribution in [0.4, 0.5) is 0 Å². The summed E-state index contributed by atoms with van der Waals surface area (Å²) in [6.07, 6.45) is 0.898. The number of carbonyl (C=O) groups excluding carboxylic acids is 1. The second kappa shape index (κ2) is 6.61. The molecule has 0 spiro atoms. The SMILES string of the molecule is COc1cccc2c1OC[C@H](CNC(=O)CN(C)C)C2. The number of fused-ring (bicyclic) bond motifs is 1. The summed E-state index contributed by atoms with van der Waals surface area (Å²) >= 11 is 0. The standard InChI is InChI=1S/C15H22N2O3/c1-17(2)9-14(18)16-8-11-7-12-5-4-6-13(19-3)15(12)20-10-11/h4-6,11H,7-10H2,1-3H3,(H,16,18)/t11-/m0/s1. The van der Waals surface area contributed by atoms with E-state index in [-0.39, 0.29) is 5.91 Å². The molecule has 5 nitrogen and oxygen atoms in total. The van der Waals surface area contributed by atoms with Crippen LogP contribution in [0.1, 0.15) is 5.56 Å². The van der Waals surface area contributed by atoms with E-state index in [0.29, 0.717) is 25.6 Å². The van der Waals surface area contributed by atoms with E-state index in [2.05, 4.69) is 5.32 Å². The van der Waals surface area contributed by atoms with Crippen LogP contribution in [0.5, 0.6) is 11.5 Å². The molecule has 0 radical (unpaired) electrons. The van der Waals surface area contributed by atoms with E-state index >= 15 is 0 Å². The molecule has 20 heavy (non-hydrogen) atoms. The first-order valence-corrected chi connectivity index (χ1v) is 6.80. The van der Waals surface area contributed by atoms with Crippen molar-refractivity contribution in [2.24, 2.45) is 5.92 Å². The number of methoxy groups -OCH3 is 1. The molecule has 1 aliphatic rings. The Labute approximate surface area is 119 Å². The molecule has 1 heterocycles. The van der Waals surface area contributed by atoms with Gasteiger partial charge in [-0.05, 0) is 32.1 Å². The molecule has 0 fully saturated rings. The minimum atomic E-state index is 0.0476. The maximum Gasteiger partial charge on any atom is 0.234 e. The van der Waals surface area contributed by atoms with Gasteiger partial charge < -0.3 is 19.7 Å². The lowest BCUT2D eigenvalue weighted by Crippen LogP contribution is -2.39. The molecule has 0 saturated heterocycles. The van der Waals surface area contributed by atoms with Gasteiger partial charge in [0.25, 0.3) is 0 Å². The van der Waals surface area contributed by atoms with Crippen molar-refractivity contribution in [2.75, 3.05) is 40.9 Å². The van der Waals surface area contributed by atoms with E-state index in [1.807, 2.05) is 37.2 Å². The fourth-order valence-electron chi connectivity index (χ4n) is 2.35. The Hall–Kier alpha value is -1.75. The number of benzene rings is 1. The Bertz CT molecular complexity index is 474. The third-order valence-corrected chi connectivity index (χ3v) is 3.30. The molecule has 0 bridgehead atoms. The lowest BCUT2D eigenvalue weighted by molar-refractivity contribution is -0.121. The van der Waals surface area contributed by atoms with Crippen LogP contribution in [-0.2, 0) is 11.2 Å². The highest BCUT2D eigenvalue weighted by atomic mass is 16.5. The molecule has 5 heteroatoms. The first-order valence-electron chi connectivity index (χ1n) is 6.80. The van der Waals surface area contributed by atoms with Gasteiger partial charge in [0.2, 0.25) is 5.91 Å². The average molecular weight is 278 g/mol. The predicted molar refractivity (Wildman–Crippen MR) is 77.2 cm³/mol. The summed E-state index contributed by atoms with van der Waals surface area (Å²) in [6, 6.07) is 5.91. The lowest BCUT2D eigenvalue weighted by Gasteiger charge is -2.26. The molecule has 0 aromatic heterocycles. The van der Waals surface area contributed by atoms with Gasteiger partial charge in [-0.3, -0.25) is 4.79 Å². The normalized spacial score (nSPS) is 17.3. The number of likely N-dealkylation sites (N-methyl/N-ethyl adjacent to an activating group) is 1. The summed E-state index contributed by atoms with van der Waals surface area (Å²) in [4.78, 5) is 13.5. The number of nitrogens with one attached hydrogen (secondary N) is 1. The molecule has 1 atom stereocenters. The highest BCUT2D eigenvalue weighted by Gasteiger charge is 2.22. The van der Waals surface area contributed by atoms with Crippen LogP contribution < -0.4 is 14.8 Å². The Morgan fingerprint density at radius 2 is 2.30 bits per heavy atom. The van der Waals surface area contributed by atoms with Crippen molar-refractivity contribution in [1.29, 1.82) is 0 Å². The van der Waals surface area contributed by atoms with Crippen LogP contribution in [0.25, 0.3) is 0 Å². The van der Waals surface area contributed by atoms with Gasteiger partial charge in [-0.2, -0.15) is 0 Å². The fraction of sp³-hybridized carbons (Fsp3) is 0.533. The smallest absolute Gasteiger partial charge is 0.234 e. The van der Waals surface area contributed by atoms with Gasteiger partial charge in [0.1, 0.15) is 0 Å². The molecule has 1 aromatic rings. The highest BCUT2D eigenvalue weighted by molar-refractivity contribution is 5.77. The van der Waals surface area contributed by atoms with Crippen molar-refractivity contribution < 1.29 is 14.3 Å². The summed E-state index contributed by atoms with van der Waals surface area (Å²) in [6.45, 7) is 1.66. The van der Waals surface area contributed by atoms with E-state index < -0.39 is 0 Å². The highest BCUT2D eigenvalue weighted by Crippen LogP contribution is 2.35. The molecule has 1 amide bonds. The summed E-state index contributed by atoms with van der Waals surface area (Å²) < 4.78 is 11.1. The summed E-state index contributed by atoms with van der Waals surface area (Å²) in [5.74, 6) is 1.97. The maximum atomic E-state index is 11.6. The third kappa shape index (κ3) is 3.63. The number of amides is 1. The lowest BCUT2D eigenvalue weighted by atomic mass is 9.96. The van der Waals surface area contributed by atoms with Crippen molar-refractivity contribution in [1.82, 2.24) is 10.2 Å². The van der Waals surface area contributed by atoms with Crippen LogP contribution in [0, 0.1) is 5.92 Å². The zero-order valence-electron chi connectivity index (χ0n) is 12.3. The topological polar surface area (TPSA) is 50.8 Å². The predicted octanol–water partition coefficient (Wildman–Crippen LogP) is 0.924. The van der Waals surface area contributed by atoms with E-state index in [1.54, 1.807) is 7.11 Å². The molecule has 2 rings (SSSR count). The third-order valence-electron chi connectivity index (χ3n) is 3.30. The van der Waals surface area contributed by atoms with Gasteiger partial charge >= 0.3 is 0 Å². The molecule has 1 aromatic carbocycles. The fourth-order valence-corrected chi connectivity index (χ4v) is 2.35. The second-order valence-corrected chi connectivity index (χ2v) is 5.37. The number of hydrogen-bond donors (Lipinski definition) is 1. The molecule has 0 aliphatic carbocycles. The maximum absolute atomic E-state index is 11.6. The minimum Gasteiger partial charge on any atom is -0.493 e. The minimum absolute atomic E-state index is 0.0476. The van der Waals surface area contributed by atoms with E-state index in [0.717, 1.165) is 23.5 Å². The first-order chi connectivity index (χ1) is 9.60. The van der Waals surface area contributed by atoms with Gasteiger partial charge in [-0.25, -0.2) is 0 Å². The molecule has 1 aliphatic heterocycles. The Balaban J connectivity index is 1.90. The van der Waals surface area contributed by atoms with Crippen molar-refractivity contribution in [3.05, 3.63) is 23.8 Å². The number of rotatable bonds is 5. The molecule has 0 saturated carbocycles.